The molecule has 0 amide bonds. The topological polar surface area (TPSA) is 23.8 Å². The lowest BCUT2D eigenvalue weighted by molar-refractivity contribution is 0.250. The standard InChI is InChI=1S/C27H37F2N/c1-2-3-6-20-9-11-21(12-10-20)7-4-5-8-22-13-15-23(16-14-22)24-17-26(28)25(19-30)27(29)18-24/h5,8,17-18,20-23H,2-4,6-7,9-16H2,1H3/b8-5+. The number of unbranched alkanes of at least 4 members (excludes halogenated alkanes) is 1. The largest absolute Gasteiger partial charge is 0.205 e. The van der Waals surface area contributed by atoms with Gasteiger partial charge in [0.2, 0.25) is 0 Å². The van der Waals surface area contributed by atoms with Crippen molar-refractivity contribution in [1.29, 1.82) is 5.26 Å². The van der Waals surface area contributed by atoms with Gasteiger partial charge in [-0.3, -0.25) is 0 Å². The van der Waals surface area contributed by atoms with E-state index in [9.17, 15) is 8.78 Å². The first-order chi connectivity index (χ1) is 14.6. The van der Waals surface area contributed by atoms with Crippen LogP contribution in [0.3, 0.4) is 0 Å². The highest BCUT2D eigenvalue weighted by Crippen LogP contribution is 2.38. The third-order valence-electron chi connectivity index (χ3n) is 7.50. The van der Waals surface area contributed by atoms with Crippen LogP contribution in [0.4, 0.5) is 8.78 Å². The minimum Gasteiger partial charge on any atom is -0.205 e. The minimum absolute atomic E-state index is 0.203. The van der Waals surface area contributed by atoms with Crippen molar-refractivity contribution in [2.45, 2.75) is 96.3 Å². The van der Waals surface area contributed by atoms with E-state index in [2.05, 4.69) is 19.1 Å². The summed E-state index contributed by atoms with van der Waals surface area (Å²) in [4.78, 5) is 0. The number of halogens is 2. The molecule has 1 aromatic carbocycles. The minimum atomic E-state index is -0.728. The molecule has 1 aromatic rings. The van der Waals surface area contributed by atoms with Gasteiger partial charge in [0.15, 0.2) is 0 Å². The number of nitriles is 1. The maximum absolute atomic E-state index is 13.9. The number of rotatable bonds is 8. The fourth-order valence-electron chi connectivity index (χ4n) is 5.50. The van der Waals surface area contributed by atoms with E-state index < -0.39 is 17.2 Å². The summed E-state index contributed by atoms with van der Waals surface area (Å²) in [6.45, 7) is 2.29. The van der Waals surface area contributed by atoms with Crippen molar-refractivity contribution in [3.8, 4) is 6.07 Å². The van der Waals surface area contributed by atoms with Crippen LogP contribution in [0.25, 0.3) is 0 Å². The van der Waals surface area contributed by atoms with Crippen molar-refractivity contribution >= 4 is 0 Å². The van der Waals surface area contributed by atoms with E-state index in [1.807, 2.05) is 0 Å². The van der Waals surface area contributed by atoms with Gasteiger partial charge >= 0.3 is 0 Å². The summed E-state index contributed by atoms with van der Waals surface area (Å²) in [5.74, 6) is 1.26. The quantitative estimate of drug-likeness (QED) is 0.392. The molecule has 3 heteroatoms. The van der Waals surface area contributed by atoms with E-state index in [-0.39, 0.29) is 5.92 Å². The van der Waals surface area contributed by atoms with E-state index in [1.54, 1.807) is 6.07 Å². The summed E-state index contributed by atoms with van der Waals surface area (Å²) >= 11 is 0. The lowest BCUT2D eigenvalue weighted by Gasteiger charge is -2.28. The van der Waals surface area contributed by atoms with Crippen LogP contribution < -0.4 is 0 Å². The van der Waals surface area contributed by atoms with E-state index in [4.69, 9.17) is 5.26 Å². The Morgan fingerprint density at radius 3 is 2.10 bits per heavy atom. The Morgan fingerprint density at radius 2 is 1.53 bits per heavy atom. The van der Waals surface area contributed by atoms with Crippen molar-refractivity contribution in [3.05, 3.63) is 47.0 Å². The first-order valence-electron chi connectivity index (χ1n) is 12.2. The molecule has 1 nitrogen and oxygen atoms in total. The number of allylic oxidation sites excluding steroid dienone is 2. The van der Waals surface area contributed by atoms with Gasteiger partial charge in [-0.1, -0.05) is 64.0 Å². The van der Waals surface area contributed by atoms with E-state index in [1.165, 1.54) is 69.9 Å². The molecule has 2 fully saturated rings. The van der Waals surface area contributed by atoms with Crippen LogP contribution in [-0.2, 0) is 0 Å². The maximum Gasteiger partial charge on any atom is 0.144 e. The molecule has 0 unspecified atom stereocenters. The molecule has 164 valence electrons. The van der Waals surface area contributed by atoms with Crippen LogP contribution in [0.5, 0.6) is 0 Å². The molecule has 0 saturated heterocycles. The van der Waals surface area contributed by atoms with Crippen molar-refractivity contribution < 1.29 is 8.78 Å². The summed E-state index contributed by atoms with van der Waals surface area (Å²) in [6, 6.07) is 4.33. The lowest BCUT2D eigenvalue weighted by atomic mass is 9.77. The second-order valence-electron chi connectivity index (χ2n) is 9.62. The van der Waals surface area contributed by atoms with Crippen molar-refractivity contribution in [1.82, 2.24) is 0 Å². The fourth-order valence-corrected chi connectivity index (χ4v) is 5.50. The Kier molecular flexibility index (Phi) is 8.91. The zero-order valence-electron chi connectivity index (χ0n) is 18.5. The molecule has 0 atom stereocenters. The van der Waals surface area contributed by atoms with Crippen LogP contribution in [0.15, 0.2) is 24.3 Å². The SMILES string of the molecule is CCCCC1CCC(CC/C=C/C2CCC(c3cc(F)c(C#N)c(F)c3)CC2)CC1. The van der Waals surface area contributed by atoms with Crippen LogP contribution >= 0.6 is 0 Å². The van der Waals surface area contributed by atoms with Crippen LogP contribution in [-0.4, -0.2) is 0 Å². The van der Waals surface area contributed by atoms with E-state index in [0.717, 1.165) is 37.5 Å². The summed E-state index contributed by atoms with van der Waals surface area (Å²) in [7, 11) is 0. The summed E-state index contributed by atoms with van der Waals surface area (Å²) < 4.78 is 27.8. The molecule has 0 spiro atoms. The molecule has 2 aliphatic carbocycles. The number of hydrogen-bond donors (Lipinski definition) is 0. The maximum atomic E-state index is 13.9. The Balaban J connectivity index is 1.36. The molecule has 0 radical (unpaired) electrons. The van der Waals surface area contributed by atoms with E-state index >= 15 is 0 Å². The normalized spacial score (nSPS) is 27.3. The number of benzene rings is 1. The van der Waals surface area contributed by atoms with Crippen LogP contribution in [0.2, 0.25) is 0 Å². The zero-order valence-corrected chi connectivity index (χ0v) is 18.5. The molecule has 0 N–H and O–H groups in total. The average Bonchev–Trinajstić information content (AvgIpc) is 2.76. The molecular formula is C27H37F2N. The van der Waals surface area contributed by atoms with Gasteiger partial charge in [0, 0.05) is 0 Å². The lowest BCUT2D eigenvalue weighted by Crippen LogP contribution is -2.14. The number of hydrogen-bond acceptors (Lipinski definition) is 1. The third-order valence-corrected chi connectivity index (χ3v) is 7.50. The molecule has 2 saturated carbocycles. The Morgan fingerprint density at radius 1 is 0.933 bits per heavy atom. The average molecular weight is 414 g/mol. The second kappa shape index (κ2) is 11.6. The van der Waals surface area contributed by atoms with Gasteiger partial charge in [-0.15, -0.1) is 0 Å². The molecule has 30 heavy (non-hydrogen) atoms. The first kappa shape index (κ1) is 23.0. The van der Waals surface area contributed by atoms with Crippen molar-refractivity contribution in [2.75, 3.05) is 0 Å². The fraction of sp³-hybridized carbons (Fsp3) is 0.667. The van der Waals surface area contributed by atoms with Gasteiger partial charge in [-0.2, -0.15) is 5.26 Å². The van der Waals surface area contributed by atoms with Crippen molar-refractivity contribution in [3.63, 3.8) is 0 Å². The monoisotopic (exact) mass is 413 g/mol. The molecule has 3 rings (SSSR count). The highest BCUT2D eigenvalue weighted by atomic mass is 19.1. The predicted octanol–water partition coefficient (Wildman–Crippen LogP) is 8.44. The predicted molar refractivity (Wildman–Crippen MR) is 119 cm³/mol. The summed E-state index contributed by atoms with van der Waals surface area (Å²) in [5, 5.41) is 8.83. The Hall–Kier alpha value is -1.69. The second-order valence-corrected chi connectivity index (χ2v) is 9.62. The Bertz CT molecular complexity index is 709. The molecule has 0 aromatic heterocycles. The van der Waals surface area contributed by atoms with Crippen molar-refractivity contribution in [2.24, 2.45) is 17.8 Å². The molecule has 0 bridgehead atoms. The molecule has 2 aliphatic rings. The van der Waals surface area contributed by atoms with Gasteiger partial charge in [-0.05, 0) is 79.9 Å². The molecule has 0 heterocycles. The zero-order chi connectivity index (χ0) is 21.3. The smallest absolute Gasteiger partial charge is 0.144 e. The summed E-state index contributed by atoms with van der Waals surface area (Å²) in [6.07, 6.45) is 21.3. The highest BCUT2D eigenvalue weighted by Gasteiger charge is 2.23. The first-order valence-corrected chi connectivity index (χ1v) is 12.2. The van der Waals surface area contributed by atoms with Gasteiger partial charge < -0.3 is 0 Å². The van der Waals surface area contributed by atoms with E-state index in [0.29, 0.717) is 11.5 Å². The van der Waals surface area contributed by atoms with Crippen LogP contribution in [0, 0.1) is 40.7 Å². The highest BCUT2D eigenvalue weighted by molar-refractivity contribution is 5.36. The molecular weight excluding hydrogens is 376 g/mol. The third kappa shape index (κ3) is 6.40. The van der Waals surface area contributed by atoms with Crippen LogP contribution in [0.1, 0.15) is 107 Å². The summed E-state index contributed by atoms with van der Waals surface area (Å²) in [5.41, 5.74) is 0.241. The molecule has 0 aliphatic heterocycles. The van der Waals surface area contributed by atoms with Gasteiger partial charge in [-0.25, -0.2) is 8.78 Å². The number of nitrogens with zero attached hydrogens (tertiary/aromatic N) is 1. The van der Waals surface area contributed by atoms with Gasteiger partial charge in [0.05, 0.1) is 0 Å². The van der Waals surface area contributed by atoms with Gasteiger partial charge in [0.1, 0.15) is 23.3 Å². The van der Waals surface area contributed by atoms with Gasteiger partial charge in [0.25, 0.3) is 0 Å². The Labute approximate surface area is 181 Å².